The van der Waals surface area contributed by atoms with Crippen molar-refractivity contribution in [3.05, 3.63) is 55.2 Å². The summed E-state index contributed by atoms with van der Waals surface area (Å²) in [6, 6.07) is 8.11. The third kappa shape index (κ3) is 2.97. The van der Waals surface area contributed by atoms with Gasteiger partial charge in [0.25, 0.3) is 0 Å². The number of halogens is 2. The van der Waals surface area contributed by atoms with Gasteiger partial charge in [-0.05, 0) is 42.5 Å². The lowest BCUT2D eigenvalue weighted by Gasteiger charge is -2.06. The molecule has 0 saturated heterocycles. The second-order valence-electron chi connectivity index (χ2n) is 4.83. The number of benzene rings is 1. The second-order valence-corrected chi connectivity index (χ2v) is 6.84. The minimum absolute atomic E-state index is 0.621. The van der Waals surface area contributed by atoms with Crippen LogP contribution in [0.4, 0.5) is 0 Å². The van der Waals surface area contributed by atoms with E-state index in [9.17, 15) is 0 Å². The average Bonchev–Trinajstić information content (AvgIpc) is 2.95. The smallest absolute Gasteiger partial charge is 0.0637 e. The van der Waals surface area contributed by atoms with Crippen molar-refractivity contribution in [1.82, 2.24) is 5.32 Å². The van der Waals surface area contributed by atoms with E-state index in [0.717, 1.165) is 18.7 Å². The standard InChI is InChI=1S/C15H15Cl2NS/c16-13-5-1-4-11(15(13)17)8-18-9-12-7-10-3-2-6-14(10)19-12/h1,4-5,7,18H,2-3,6,8-9H2. The first kappa shape index (κ1) is 13.4. The molecule has 3 rings (SSSR count). The Bertz CT molecular complexity index is 570. The summed E-state index contributed by atoms with van der Waals surface area (Å²) in [7, 11) is 0. The molecule has 1 aliphatic rings. The van der Waals surface area contributed by atoms with Crippen LogP contribution >= 0.6 is 34.5 Å². The number of aryl methyl sites for hydroxylation is 2. The van der Waals surface area contributed by atoms with Crippen LogP contribution in [0.5, 0.6) is 0 Å². The van der Waals surface area contributed by atoms with E-state index >= 15 is 0 Å². The van der Waals surface area contributed by atoms with Crippen molar-refractivity contribution in [3.63, 3.8) is 0 Å². The van der Waals surface area contributed by atoms with E-state index in [1.54, 1.807) is 10.4 Å². The first-order chi connectivity index (χ1) is 9.24. The highest BCUT2D eigenvalue weighted by molar-refractivity contribution is 7.12. The molecule has 1 nitrogen and oxygen atoms in total. The lowest BCUT2D eigenvalue weighted by molar-refractivity contribution is 0.700. The van der Waals surface area contributed by atoms with E-state index in [0.29, 0.717) is 10.0 Å². The van der Waals surface area contributed by atoms with Gasteiger partial charge in [0, 0.05) is 22.8 Å². The lowest BCUT2D eigenvalue weighted by Crippen LogP contribution is -2.12. The predicted octanol–water partition coefficient (Wildman–Crippen LogP) is 4.83. The van der Waals surface area contributed by atoms with Crippen LogP contribution in [0.3, 0.4) is 0 Å². The molecule has 1 heterocycles. The predicted molar refractivity (Wildman–Crippen MR) is 83.3 cm³/mol. The molecule has 4 heteroatoms. The maximum atomic E-state index is 6.17. The van der Waals surface area contributed by atoms with Gasteiger partial charge < -0.3 is 5.32 Å². The zero-order chi connectivity index (χ0) is 13.2. The first-order valence-corrected chi connectivity index (χ1v) is 8.05. The molecule has 100 valence electrons. The highest BCUT2D eigenvalue weighted by Gasteiger charge is 2.14. The van der Waals surface area contributed by atoms with E-state index in [2.05, 4.69) is 11.4 Å². The molecule has 0 radical (unpaired) electrons. The minimum Gasteiger partial charge on any atom is -0.308 e. The van der Waals surface area contributed by atoms with Gasteiger partial charge in [0.15, 0.2) is 0 Å². The quantitative estimate of drug-likeness (QED) is 0.852. The molecule has 0 spiro atoms. The Morgan fingerprint density at radius 1 is 1.16 bits per heavy atom. The van der Waals surface area contributed by atoms with Gasteiger partial charge in [-0.2, -0.15) is 0 Å². The van der Waals surface area contributed by atoms with Crippen molar-refractivity contribution < 1.29 is 0 Å². The monoisotopic (exact) mass is 311 g/mol. The van der Waals surface area contributed by atoms with Gasteiger partial charge >= 0.3 is 0 Å². The summed E-state index contributed by atoms with van der Waals surface area (Å²) in [5, 5.41) is 4.72. The molecule has 0 bridgehead atoms. The van der Waals surface area contributed by atoms with Gasteiger partial charge in [-0.15, -0.1) is 11.3 Å². The summed E-state index contributed by atoms with van der Waals surface area (Å²) < 4.78 is 0. The van der Waals surface area contributed by atoms with Crippen LogP contribution in [0, 0.1) is 0 Å². The molecule has 0 unspecified atom stereocenters. The highest BCUT2D eigenvalue weighted by atomic mass is 35.5. The Hall–Kier alpha value is -0.540. The Kier molecular flexibility index (Phi) is 4.13. The number of hydrogen-bond donors (Lipinski definition) is 1. The fourth-order valence-electron chi connectivity index (χ4n) is 2.48. The molecule has 1 N–H and O–H groups in total. The van der Waals surface area contributed by atoms with Crippen molar-refractivity contribution >= 4 is 34.5 Å². The molecular formula is C15H15Cl2NS. The number of hydrogen-bond acceptors (Lipinski definition) is 2. The van der Waals surface area contributed by atoms with E-state index in [-0.39, 0.29) is 0 Å². The van der Waals surface area contributed by atoms with Crippen LogP contribution in [-0.4, -0.2) is 0 Å². The maximum absolute atomic E-state index is 6.17. The molecule has 0 saturated carbocycles. The highest BCUT2D eigenvalue weighted by Crippen LogP contribution is 2.30. The largest absolute Gasteiger partial charge is 0.308 e. The summed E-state index contributed by atoms with van der Waals surface area (Å²) >= 11 is 14.1. The first-order valence-electron chi connectivity index (χ1n) is 6.48. The van der Waals surface area contributed by atoms with Crippen molar-refractivity contribution in [2.24, 2.45) is 0 Å². The number of rotatable bonds is 4. The van der Waals surface area contributed by atoms with Crippen molar-refractivity contribution in [2.75, 3.05) is 0 Å². The lowest BCUT2D eigenvalue weighted by atomic mass is 10.2. The van der Waals surface area contributed by atoms with Gasteiger partial charge in [0.05, 0.1) is 10.0 Å². The normalized spacial score (nSPS) is 13.8. The van der Waals surface area contributed by atoms with Crippen LogP contribution in [0.2, 0.25) is 10.0 Å². The van der Waals surface area contributed by atoms with Crippen LogP contribution in [-0.2, 0) is 25.9 Å². The average molecular weight is 312 g/mol. The summed E-state index contributed by atoms with van der Waals surface area (Å²) in [5.41, 5.74) is 2.61. The Morgan fingerprint density at radius 3 is 2.89 bits per heavy atom. The molecule has 2 aromatic rings. The van der Waals surface area contributed by atoms with Crippen LogP contribution in [0.1, 0.15) is 27.3 Å². The number of nitrogens with one attached hydrogen (secondary N) is 1. The van der Waals surface area contributed by atoms with E-state index in [4.69, 9.17) is 23.2 Å². The molecule has 1 aromatic carbocycles. The van der Waals surface area contributed by atoms with Crippen LogP contribution in [0.15, 0.2) is 24.3 Å². The van der Waals surface area contributed by atoms with Gasteiger partial charge in [0.2, 0.25) is 0 Å². The minimum atomic E-state index is 0.621. The molecular weight excluding hydrogens is 297 g/mol. The topological polar surface area (TPSA) is 12.0 Å². The second kappa shape index (κ2) is 5.84. The molecule has 19 heavy (non-hydrogen) atoms. The van der Waals surface area contributed by atoms with Gasteiger partial charge in [-0.3, -0.25) is 0 Å². The third-order valence-corrected chi connectivity index (χ3v) is 5.54. The molecule has 0 atom stereocenters. The SMILES string of the molecule is Clc1cccc(CNCc2cc3c(s2)CCC3)c1Cl. The number of thiophene rings is 1. The van der Waals surface area contributed by atoms with Crippen molar-refractivity contribution in [1.29, 1.82) is 0 Å². The van der Waals surface area contributed by atoms with E-state index < -0.39 is 0 Å². The van der Waals surface area contributed by atoms with Gasteiger partial charge in [-0.1, -0.05) is 35.3 Å². The zero-order valence-electron chi connectivity index (χ0n) is 10.5. The molecule has 1 aromatic heterocycles. The zero-order valence-corrected chi connectivity index (χ0v) is 12.8. The molecule has 0 aliphatic heterocycles. The molecule has 0 fully saturated rings. The molecule has 0 amide bonds. The Morgan fingerprint density at radius 2 is 2.05 bits per heavy atom. The molecule has 1 aliphatic carbocycles. The van der Waals surface area contributed by atoms with Crippen molar-refractivity contribution in [2.45, 2.75) is 32.4 Å². The summed E-state index contributed by atoms with van der Waals surface area (Å²) in [6.07, 6.45) is 3.85. The summed E-state index contributed by atoms with van der Waals surface area (Å²) in [5.74, 6) is 0. The van der Waals surface area contributed by atoms with Crippen LogP contribution < -0.4 is 5.32 Å². The van der Waals surface area contributed by atoms with E-state index in [1.165, 1.54) is 24.1 Å². The van der Waals surface area contributed by atoms with Gasteiger partial charge in [0.1, 0.15) is 0 Å². The Labute approximate surface area is 127 Å². The van der Waals surface area contributed by atoms with Crippen molar-refractivity contribution in [3.8, 4) is 0 Å². The fourth-order valence-corrected chi connectivity index (χ4v) is 4.10. The van der Waals surface area contributed by atoms with E-state index in [1.807, 2.05) is 29.5 Å². The third-order valence-electron chi connectivity index (χ3n) is 3.44. The maximum Gasteiger partial charge on any atom is 0.0637 e. The summed E-state index contributed by atoms with van der Waals surface area (Å²) in [6.45, 7) is 1.66. The fraction of sp³-hybridized carbons (Fsp3) is 0.333. The summed E-state index contributed by atoms with van der Waals surface area (Å²) in [4.78, 5) is 3.00. The van der Waals surface area contributed by atoms with Crippen LogP contribution in [0.25, 0.3) is 0 Å². The number of fused-ring (bicyclic) bond motifs is 1. The Balaban J connectivity index is 1.59. The van der Waals surface area contributed by atoms with Gasteiger partial charge in [-0.25, -0.2) is 0 Å².